The maximum absolute atomic E-state index is 11.6. The van der Waals surface area contributed by atoms with Gasteiger partial charge >= 0.3 is 0 Å². The Bertz CT molecular complexity index is 545. The molecular weight excluding hydrogens is 302 g/mol. The molecular formula is C19H29N3O2. The standard InChI is InChI=1S/C19H29N3O2/c1-2-3-4-19(23)22-7-5-14-10-18(14)15-9-17(12-20-11-15)24-13-16-6-8-21-16/h9,11-12,14,16,18,21H,2-8,10,13H2,1H3,(H,22,23)/t14-,16-,18-/m0/s1. The molecule has 2 N–H and O–H groups in total. The summed E-state index contributed by atoms with van der Waals surface area (Å²) in [6.45, 7) is 4.73. The lowest BCUT2D eigenvalue weighted by molar-refractivity contribution is -0.121. The lowest BCUT2D eigenvalue weighted by Gasteiger charge is -2.27. The number of nitrogens with one attached hydrogen (secondary N) is 2. The van der Waals surface area contributed by atoms with E-state index in [0.29, 0.717) is 24.3 Å². The number of nitrogens with zero attached hydrogens (tertiary/aromatic N) is 1. The van der Waals surface area contributed by atoms with Crippen molar-refractivity contribution in [3.63, 3.8) is 0 Å². The Morgan fingerprint density at radius 1 is 1.46 bits per heavy atom. The molecule has 2 fully saturated rings. The lowest BCUT2D eigenvalue weighted by Crippen LogP contribution is -2.46. The molecule has 1 aliphatic heterocycles. The highest BCUT2D eigenvalue weighted by atomic mass is 16.5. The van der Waals surface area contributed by atoms with E-state index in [9.17, 15) is 4.79 Å². The molecule has 3 rings (SSSR count). The minimum absolute atomic E-state index is 0.190. The molecule has 3 atom stereocenters. The minimum atomic E-state index is 0.190. The summed E-state index contributed by atoms with van der Waals surface area (Å²) in [7, 11) is 0. The summed E-state index contributed by atoms with van der Waals surface area (Å²) in [4.78, 5) is 15.9. The predicted octanol–water partition coefficient (Wildman–Crippen LogP) is 2.62. The number of hydrogen-bond acceptors (Lipinski definition) is 4. The summed E-state index contributed by atoms with van der Waals surface area (Å²) in [5.41, 5.74) is 1.27. The normalized spacial score (nSPS) is 25.0. The van der Waals surface area contributed by atoms with Crippen molar-refractivity contribution in [3.05, 3.63) is 24.0 Å². The topological polar surface area (TPSA) is 63.2 Å². The van der Waals surface area contributed by atoms with Crippen molar-refractivity contribution in [2.45, 2.75) is 57.4 Å². The molecule has 2 aliphatic rings. The molecule has 132 valence electrons. The SMILES string of the molecule is CCCCC(=O)NCC[C@H]1C[C@@H]1c1cncc(OC[C@@H]2CCN2)c1. The Kier molecular flexibility index (Phi) is 6.07. The van der Waals surface area contributed by atoms with Crippen LogP contribution < -0.4 is 15.4 Å². The van der Waals surface area contributed by atoms with E-state index >= 15 is 0 Å². The van der Waals surface area contributed by atoms with Crippen molar-refractivity contribution in [2.24, 2.45) is 5.92 Å². The van der Waals surface area contributed by atoms with E-state index in [0.717, 1.165) is 44.7 Å². The number of rotatable bonds is 10. The van der Waals surface area contributed by atoms with Gasteiger partial charge in [0.2, 0.25) is 5.91 Å². The zero-order valence-corrected chi connectivity index (χ0v) is 14.6. The second-order valence-corrected chi connectivity index (χ2v) is 7.05. The summed E-state index contributed by atoms with van der Waals surface area (Å²) in [6.07, 6.45) is 9.91. The van der Waals surface area contributed by atoms with Crippen LogP contribution in [0.25, 0.3) is 0 Å². The van der Waals surface area contributed by atoms with Crippen molar-refractivity contribution in [1.29, 1.82) is 0 Å². The average Bonchev–Trinajstić information content (AvgIpc) is 3.31. The molecule has 0 aromatic carbocycles. The van der Waals surface area contributed by atoms with Gasteiger partial charge in [-0.3, -0.25) is 9.78 Å². The van der Waals surface area contributed by atoms with Gasteiger partial charge in [-0.25, -0.2) is 0 Å². The fourth-order valence-electron chi connectivity index (χ4n) is 3.20. The van der Waals surface area contributed by atoms with Crippen LogP contribution in [0.15, 0.2) is 18.5 Å². The molecule has 1 aliphatic carbocycles. The van der Waals surface area contributed by atoms with Crippen LogP contribution >= 0.6 is 0 Å². The number of pyridine rings is 1. The monoisotopic (exact) mass is 331 g/mol. The number of hydrogen-bond donors (Lipinski definition) is 2. The number of aromatic nitrogens is 1. The van der Waals surface area contributed by atoms with Crippen LogP contribution in [0.4, 0.5) is 0 Å². The zero-order valence-electron chi connectivity index (χ0n) is 14.6. The third-order valence-corrected chi connectivity index (χ3v) is 5.06. The maximum Gasteiger partial charge on any atom is 0.219 e. The summed E-state index contributed by atoms with van der Waals surface area (Å²) >= 11 is 0. The fraction of sp³-hybridized carbons (Fsp3) is 0.684. The van der Waals surface area contributed by atoms with Gasteiger partial charge in [0.25, 0.3) is 0 Å². The average molecular weight is 331 g/mol. The van der Waals surface area contributed by atoms with Crippen molar-refractivity contribution in [3.8, 4) is 5.75 Å². The molecule has 1 saturated heterocycles. The van der Waals surface area contributed by atoms with Crippen molar-refractivity contribution >= 4 is 5.91 Å². The van der Waals surface area contributed by atoms with Gasteiger partial charge in [-0.15, -0.1) is 0 Å². The van der Waals surface area contributed by atoms with E-state index in [4.69, 9.17) is 4.74 Å². The Hall–Kier alpha value is -1.62. The van der Waals surface area contributed by atoms with Crippen molar-refractivity contribution < 1.29 is 9.53 Å². The first kappa shape index (κ1) is 17.2. The van der Waals surface area contributed by atoms with E-state index < -0.39 is 0 Å². The Morgan fingerprint density at radius 3 is 3.08 bits per heavy atom. The Morgan fingerprint density at radius 2 is 2.33 bits per heavy atom. The molecule has 5 heteroatoms. The molecule has 0 radical (unpaired) electrons. The third-order valence-electron chi connectivity index (χ3n) is 5.06. The van der Waals surface area contributed by atoms with Gasteiger partial charge in [0.15, 0.2) is 0 Å². The molecule has 5 nitrogen and oxygen atoms in total. The zero-order chi connectivity index (χ0) is 16.8. The van der Waals surface area contributed by atoms with Crippen molar-refractivity contribution in [1.82, 2.24) is 15.6 Å². The molecule has 0 unspecified atom stereocenters. The molecule has 0 spiro atoms. The van der Waals surface area contributed by atoms with Crippen LogP contribution in [0.2, 0.25) is 0 Å². The second kappa shape index (κ2) is 8.47. The maximum atomic E-state index is 11.6. The van der Waals surface area contributed by atoms with Crippen LogP contribution in [-0.2, 0) is 4.79 Å². The van der Waals surface area contributed by atoms with E-state index in [1.54, 1.807) is 6.20 Å². The fourth-order valence-corrected chi connectivity index (χ4v) is 3.20. The molecule has 1 aromatic heterocycles. The largest absolute Gasteiger partial charge is 0.490 e. The number of ether oxygens (including phenoxy) is 1. The van der Waals surface area contributed by atoms with Crippen LogP contribution in [0.5, 0.6) is 5.75 Å². The van der Waals surface area contributed by atoms with E-state index in [2.05, 4.69) is 28.6 Å². The summed E-state index contributed by atoms with van der Waals surface area (Å²) < 4.78 is 5.83. The quantitative estimate of drug-likeness (QED) is 0.692. The van der Waals surface area contributed by atoms with Gasteiger partial charge < -0.3 is 15.4 Å². The van der Waals surface area contributed by atoms with Crippen LogP contribution in [0.1, 0.15) is 56.9 Å². The number of unbranched alkanes of at least 4 members (excludes halogenated alkanes) is 1. The van der Waals surface area contributed by atoms with Gasteiger partial charge in [0.1, 0.15) is 12.4 Å². The highest BCUT2D eigenvalue weighted by Crippen LogP contribution is 2.49. The summed E-state index contributed by atoms with van der Waals surface area (Å²) in [5, 5.41) is 6.37. The van der Waals surface area contributed by atoms with Crippen LogP contribution in [-0.4, -0.2) is 36.6 Å². The Labute approximate surface area is 144 Å². The van der Waals surface area contributed by atoms with E-state index in [-0.39, 0.29) is 5.91 Å². The van der Waals surface area contributed by atoms with E-state index in [1.165, 1.54) is 18.4 Å². The van der Waals surface area contributed by atoms with Crippen molar-refractivity contribution in [2.75, 3.05) is 19.7 Å². The molecule has 1 aromatic rings. The lowest BCUT2D eigenvalue weighted by atomic mass is 10.1. The predicted molar refractivity (Wildman–Crippen MR) is 94.1 cm³/mol. The number of carbonyl (C=O) groups is 1. The van der Waals surface area contributed by atoms with Gasteiger partial charge in [-0.1, -0.05) is 13.3 Å². The Balaban J connectivity index is 1.37. The summed E-state index contributed by atoms with van der Waals surface area (Å²) in [6, 6.07) is 2.63. The highest BCUT2D eigenvalue weighted by Gasteiger charge is 2.38. The number of carbonyl (C=O) groups excluding carboxylic acids is 1. The minimum Gasteiger partial charge on any atom is -0.490 e. The molecule has 1 saturated carbocycles. The van der Waals surface area contributed by atoms with Gasteiger partial charge in [0, 0.05) is 25.2 Å². The van der Waals surface area contributed by atoms with Gasteiger partial charge in [-0.05, 0) is 55.7 Å². The highest BCUT2D eigenvalue weighted by molar-refractivity contribution is 5.75. The van der Waals surface area contributed by atoms with Gasteiger partial charge in [-0.2, -0.15) is 0 Å². The van der Waals surface area contributed by atoms with Gasteiger partial charge in [0.05, 0.1) is 6.20 Å². The third kappa shape index (κ3) is 4.94. The first-order valence-electron chi connectivity index (χ1n) is 9.34. The molecule has 1 amide bonds. The van der Waals surface area contributed by atoms with E-state index in [1.807, 2.05) is 6.20 Å². The van der Waals surface area contributed by atoms with Crippen LogP contribution in [0, 0.1) is 5.92 Å². The first-order valence-corrected chi connectivity index (χ1v) is 9.34. The molecule has 24 heavy (non-hydrogen) atoms. The second-order valence-electron chi connectivity index (χ2n) is 7.05. The number of amides is 1. The molecule has 0 bridgehead atoms. The smallest absolute Gasteiger partial charge is 0.219 e. The molecule has 2 heterocycles. The van der Waals surface area contributed by atoms with Crippen LogP contribution in [0.3, 0.4) is 0 Å². The first-order chi connectivity index (χ1) is 11.8. The summed E-state index contributed by atoms with van der Waals surface area (Å²) in [5.74, 6) is 2.31.